The highest BCUT2D eigenvalue weighted by atomic mass is 35.5. The van der Waals surface area contributed by atoms with Gasteiger partial charge in [-0.05, 0) is 36.4 Å². The van der Waals surface area contributed by atoms with Crippen LogP contribution in [0.5, 0.6) is 11.5 Å². The van der Waals surface area contributed by atoms with Crippen LogP contribution in [-0.2, 0) is 0 Å². The Balaban J connectivity index is 2.31. The maximum absolute atomic E-state index is 12.4. The lowest BCUT2D eigenvalue weighted by molar-refractivity contribution is 0.102. The number of nitrogen functional groups attached to an aromatic ring is 1. The zero-order chi connectivity index (χ0) is 15.4. The molecule has 0 aliphatic rings. The molecule has 0 aliphatic heterocycles. The summed E-state index contributed by atoms with van der Waals surface area (Å²) in [6.45, 7) is 0. The third-order valence-electron chi connectivity index (χ3n) is 2.91. The van der Waals surface area contributed by atoms with Crippen molar-refractivity contribution in [3.05, 3.63) is 47.0 Å². The van der Waals surface area contributed by atoms with Gasteiger partial charge in [-0.1, -0.05) is 11.6 Å². The van der Waals surface area contributed by atoms with Gasteiger partial charge >= 0.3 is 0 Å². The molecular weight excluding hydrogens is 292 g/mol. The molecule has 0 fully saturated rings. The highest BCUT2D eigenvalue weighted by Crippen LogP contribution is 2.27. The maximum atomic E-state index is 12.4. The molecule has 1 amide bonds. The van der Waals surface area contributed by atoms with Gasteiger partial charge in [0, 0.05) is 5.02 Å². The number of carbonyl (C=O) groups is 1. The Morgan fingerprint density at radius 2 is 1.90 bits per heavy atom. The normalized spacial score (nSPS) is 10.0. The quantitative estimate of drug-likeness (QED) is 0.851. The Bertz CT molecular complexity index is 674. The molecule has 0 spiro atoms. The van der Waals surface area contributed by atoms with E-state index in [0.29, 0.717) is 33.5 Å². The van der Waals surface area contributed by atoms with Crippen LogP contribution in [0.1, 0.15) is 10.4 Å². The minimum atomic E-state index is -0.347. The van der Waals surface area contributed by atoms with Crippen molar-refractivity contribution in [3.63, 3.8) is 0 Å². The minimum absolute atomic E-state index is 0.347. The first-order valence-electron chi connectivity index (χ1n) is 6.13. The number of anilines is 2. The van der Waals surface area contributed by atoms with Crippen LogP contribution in [0.25, 0.3) is 0 Å². The second-order valence-corrected chi connectivity index (χ2v) is 4.69. The van der Waals surface area contributed by atoms with E-state index in [1.54, 1.807) is 36.4 Å². The van der Waals surface area contributed by atoms with Crippen LogP contribution in [0.15, 0.2) is 36.4 Å². The van der Waals surface area contributed by atoms with Crippen molar-refractivity contribution in [1.82, 2.24) is 0 Å². The largest absolute Gasteiger partial charge is 0.497 e. The van der Waals surface area contributed by atoms with E-state index in [-0.39, 0.29) is 5.91 Å². The number of methoxy groups -OCH3 is 2. The van der Waals surface area contributed by atoms with Crippen molar-refractivity contribution in [1.29, 1.82) is 0 Å². The van der Waals surface area contributed by atoms with Crippen molar-refractivity contribution in [2.45, 2.75) is 0 Å². The summed E-state index contributed by atoms with van der Waals surface area (Å²) in [6, 6.07) is 9.84. The van der Waals surface area contributed by atoms with Crippen LogP contribution in [0.3, 0.4) is 0 Å². The SMILES string of the molecule is COc1ccc(OC)c(C(=O)Nc2ccc(Cl)cc2N)c1. The number of nitrogens with one attached hydrogen (secondary N) is 1. The predicted octanol–water partition coefficient (Wildman–Crippen LogP) is 3.19. The van der Waals surface area contributed by atoms with E-state index in [4.69, 9.17) is 26.8 Å². The van der Waals surface area contributed by atoms with Gasteiger partial charge in [-0.2, -0.15) is 0 Å². The van der Waals surface area contributed by atoms with E-state index in [1.807, 2.05) is 0 Å². The lowest BCUT2D eigenvalue weighted by Crippen LogP contribution is -2.14. The molecule has 0 heterocycles. The summed E-state index contributed by atoms with van der Waals surface area (Å²) in [5.41, 5.74) is 7.04. The summed E-state index contributed by atoms with van der Waals surface area (Å²) in [5, 5.41) is 3.23. The molecule has 2 aromatic carbocycles. The number of carbonyl (C=O) groups excluding carboxylic acids is 1. The summed E-state index contributed by atoms with van der Waals surface area (Å²) in [5.74, 6) is 0.658. The van der Waals surface area contributed by atoms with Gasteiger partial charge in [0.15, 0.2) is 0 Å². The Hall–Kier alpha value is -2.40. The molecule has 21 heavy (non-hydrogen) atoms. The highest BCUT2D eigenvalue weighted by Gasteiger charge is 2.15. The zero-order valence-corrected chi connectivity index (χ0v) is 12.4. The average molecular weight is 307 g/mol. The van der Waals surface area contributed by atoms with E-state index >= 15 is 0 Å². The molecule has 0 aromatic heterocycles. The Morgan fingerprint density at radius 3 is 2.52 bits per heavy atom. The van der Waals surface area contributed by atoms with Crippen LogP contribution in [0, 0.1) is 0 Å². The van der Waals surface area contributed by atoms with Crippen molar-refractivity contribution < 1.29 is 14.3 Å². The number of amides is 1. The van der Waals surface area contributed by atoms with Crippen molar-refractivity contribution in [2.75, 3.05) is 25.3 Å². The number of ether oxygens (including phenoxy) is 2. The van der Waals surface area contributed by atoms with Gasteiger partial charge in [-0.3, -0.25) is 4.79 Å². The first-order valence-corrected chi connectivity index (χ1v) is 6.51. The molecule has 0 atom stereocenters. The summed E-state index contributed by atoms with van der Waals surface area (Å²) in [7, 11) is 3.02. The lowest BCUT2D eigenvalue weighted by atomic mass is 10.1. The fraction of sp³-hybridized carbons (Fsp3) is 0.133. The smallest absolute Gasteiger partial charge is 0.259 e. The van der Waals surface area contributed by atoms with Crippen LogP contribution in [0.4, 0.5) is 11.4 Å². The molecule has 0 bridgehead atoms. The monoisotopic (exact) mass is 306 g/mol. The molecule has 6 heteroatoms. The summed E-state index contributed by atoms with van der Waals surface area (Å²) in [6.07, 6.45) is 0. The second-order valence-electron chi connectivity index (χ2n) is 4.25. The van der Waals surface area contributed by atoms with Crippen molar-refractivity contribution in [3.8, 4) is 11.5 Å². The number of nitrogens with two attached hydrogens (primary N) is 1. The van der Waals surface area contributed by atoms with Crippen LogP contribution in [0.2, 0.25) is 5.02 Å². The molecule has 0 saturated carbocycles. The number of benzene rings is 2. The molecule has 0 aliphatic carbocycles. The van der Waals surface area contributed by atoms with Gasteiger partial charge in [0.05, 0.1) is 31.2 Å². The van der Waals surface area contributed by atoms with E-state index < -0.39 is 0 Å². The average Bonchev–Trinajstić information content (AvgIpc) is 2.49. The van der Waals surface area contributed by atoms with Crippen LogP contribution < -0.4 is 20.5 Å². The maximum Gasteiger partial charge on any atom is 0.259 e. The molecule has 0 unspecified atom stereocenters. The Morgan fingerprint density at radius 1 is 1.14 bits per heavy atom. The first kappa shape index (κ1) is 15.0. The number of rotatable bonds is 4. The van der Waals surface area contributed by atoms with Gasteiger partial charge in [0.2, 0.25) is 0 Å². The van der Waals surface area contributed by atoms with E-state index in [9.17, 15) is 4.79 Å². The summed E-state index contributed by atoms with van der Waals surface area (Å²) >= 11 is 5.83. The number of hydrogen-bond donors (Lipinski definition) is 2. The molecule has 0 saturated heterocycles. The molecule has 110 valence electrons. The molecule has 3 N–H and O–H groups in total. The van der Waals surface area contributed by atoms with E-state index in [2.05, 4.69) is 5.32 Å². The van der Waals surface area contributed by atoms with Crippen molar-refractivity contribution in [2.24, 2.45) is 0 Å². The third-order valence-corrected chi connectivity index (χ3v) is 3.15. The first-order chi connectivity index (χ1) is 10.0. The van der Waals surface area contributed by atoms with Crippen molar-refractivity contribution >= 4 is 28.9 Å². The molecular formula is C15H15ClN2O3. The molecule has 2 rings (SSSR count). The Labute approximate surface area is 127 Å². The summed E-state index contributed by atoms with van der Waals surface area (Å²) in [4.78, 5) is 12.4. The van der Waals surface area contributed by atoms with Crippen LogP contribution >= 0.6 is 11.6 Å². The highest BCUT2D eigenvalue weighted by molar-refractivity contribution is 6.31. The van der Waals surface area contributed by atoms with E-state index in [1.165, 1.54) is 14.2 Å². The topological polar surface area (TPSA) is 73.6 Å². The number of hydrogen-bond acceptors (Lipinski definition) is 4. The second kappa shape index (κ2) is 6.37. The van der Waals surface area contributed by atoms with Gasteiger partial charge in [0.1, 0.15) is 11.5 Å². The van der Waals surface area contributed by atoms with Gasteiger partial charge < -0.3 is 20.5 Å². The Kier molecular flexibility index (Phi) is 4.55. The van der Waals surface area contributed by atoms with Gasteiger partial charge in [-0.15, -0.1) is 0 Å². The zero-order valence-electron chi connectivity index (χ0n) is 11.6. The minimum Gasteiger partial charge on any atom is -0.497 e. The van der Waals surface area contributed by atoms with Crippen LogP contribution in [-0.4, -0.2) is 20.1 Å². The molecule has 0 radical (unpaired) electrons. The van der Waals surface area contributed by atoms with Gasteiger partial charge in [0.25, 0.3) is 5.91 Å². The summed E-state index contributed by atoms with van der Waals surface area (Å²) < 4.78 is 10.3. The third kappa shape index (κ3) is 3.38. The fourth-order valence-corrected chi connectivity index (χ4v) is 2.01. The molecule has 2 aromatic rings. The standard InChI is InChI=1S/C15H15ClN2O3/c1-20-10-4-6-14(21-2)11(8-10)15(19)18-13-5-3-9(16)7-12(13)17/h3-8H,17H2,1-2H3,(H,18,19). The van der Waals surface area contributed by atoms with Gasteiger partial charge in [-0.25, -0.2) is 0 Å². The van der Waals surface area contributed by atoms with E-state index in [0.717, 1.165) is 0 Å². The lowest BCUT2D eigenvalue weighted by Gasteiger charge is -2.12. The number of halogens is 1. The molecule has 5 nitrogen and oxygen atoms in total. The fourth-order valence-electron chi connectivity index (χ4n) is 1.83. The predicted molar refractivity (Wildman–Crippen MR) is 83.4 cm³/mol.